The summed E-state index contributed by atoms with van der Waals surface area (Å²) in [7, 11) is 5.63. The van der Waals surface area contributed by atoms with Crippen molar-refractivity contribution in [2.24, 2.45) is 14.1 Å². The molecule has 0 atom stereocenters. The quantitative estimate of drug-likeness (QED) is 0.0998. The number of rotatable bonds is 12. The second-order valence-corrected chi connectivity index (χ2v) is 14.0. The minimum absolute atomic E-state index is 0.243. The van der Waals surface area contributed by atoms with Crippen molar-refractivity contribution in [1.29, 1.82) is 0 Å². The number of aromatic nitrogens is 5. The highest BCUT2D eigenvalue weighted by atomic mass is 35.5. The lowest BCUT2D eigenvalue weighted by molar-refractivity contribution is 0.0685. The van der Waals surface area contributed by atoms with E-state index in [1.807, 2.05) is 54.6 Å². The predicted octanol–water partition coefficient (Wildman–Crippen LogP) is 7.70. The summed E-state index contributed by atoms with van der Waals surface area (Å²) in [6.07, 6.45) is 2.99. The number of aryl methyl sites for hydroxylation is 5. The molecule has 3 aromatic carbocycles. The number of carboxylic acid groups (broad SMARTS) is 1. The monoisotopic (exact) mass is 700 g/mol. The van der Waals surface area contributed by atoms with Gasteiger partial charge in [0.1, 0.15) is 17.3 Å². The molecule has 0 fully saturated rings. The molecule has 2 N–H and O–H groups in total. The van der Waals surface area contributed by atoms with E-state index in [1.165, 1.54) is 12.1 Å². The minimum Gasteiger partial charge on any atom is -0.493 e. The van der Waals surface area contributed by atoms with Gasteiger partial charge in [-0.1, -0.05) is 17.7 Å². The van der Waals surface area contributed by atoms with Gasteiger partial charge >= 0.3 is 5.97 Å². The van der Waals surface area contributed by atoms with Crippen LogP contribution in [0.3, 0.4) is 0 Å². The van der Waals surface area contributed by atoms with Crippen molar-refractivity contribution in [3.63, 3.8) is 0 Å². The Bertz CT molecular complexity index is 2240. The normalized spacial score (nSPS) is 12.8. The van der Waals surface area contributed by atoms with E-state index in [-0.39, 0.29) is 11.5 Å². The van der Waals surface area contributed by atoms with Crippen molar-refractivity contribution in [1.82, 2.24) is 29.4 Å². The van der Waals surface area contributed by atoms with Gasteiger partial charge in [-0.05, 0) is 93.1 Å². The maximum absolute atomic E-state index is 14.3. The van der Waals surface area contributed by atoms with Gasteiger partial charge in [0.2, 0.25) is 0 Å². The van der Waals surface area contributed by atoms with E-state index in [0.717, 1.165) is 85.4 Å². The van der Waals surface area contributed by atoms with Crippen LogP contribution in [0, 0.1) is 12.7 Å². The molecule has 0 spiro atoms. The van der Waals surface area contributed by atoms with Gasteiger partial charge in [-0.25, -0.2) is 9.18 Å². The first kappa shape index (κ1) is 33.2. The van der Waals surface area contributed by atoms with E-state index in [0.29, 0.717) is 42.5 Å². The number of benzene rings is 3. The Balaban J connectivity index is 1.15. The number of hydrogen-bond acceptors (Lipinski definition) is 6. The summed E-state index contributed by atoms with van der Waals surface area (Å²) in [6, 6.07) is 14.6. The molecule has 0 amide bonds. The van der Waals surface area contributed by atoms with Gasteiger partial charge in [-0.2, -0.15) is 10.2 Å². The van der Waals surface area contributed by atoms with E-state index in [1.54, 1.807) is 29.4 Å². The number of hydrogen-bond donors (Lipinski definition) is 2. The Kier molecular flexibility index (Phi) is 9.17. The summed E-state index contributed by atoms with van der Waals surface area (Å²) in [4.78, 5) is 13.6. The Hall–Kier alpha value is -4.32. The first-order chi connectivity index (χ1) is 23.6. The largest absolute Gasteiger partial charge is 0.493 e. The van der Waals surface area contributed by atoms with E-state index in [4.69, 9.17) is 21.4 Å². The number of thioether (sulfide) groups is 1. The Labute approximate surface area is 293 Å². The van der Waals surface area contributed by atoms with Crippen LogP contribution in [0.25, 0.3) is 32.8 Å². The number of ether oxygens (including phenoxy) is 1. The predicted molar refractivity (Wildman–Crippen MR) is 192 cm³/mol. The fraction of sp³-hybridized carbons (Fsp3) is 0.324. The second-order valence-electron chi connectivity index (χ2n) is 12.6. The van der Waals surface area contributed by atoms with Crippen LogP contribution in [0.4, 0.5) is 4.39 Å². The van der Waals surface area contributed by atoms with Gasteiger partial charge < -0.3 is 19.7 Å². The SMILES string of the molecule is CNCc1cc(CSc2cc(OCCCc3c(C(=O)O)n(C)c4c(-c5c(C)nn6c5CCC6)c(Cl)ccc34)c3ccc(F)cc3c2)n(C)n1. The molecule has 3 aromatic heterocycles. The van der Waals surface area contributed by atoms with Crippen molar-refractivity contribution in [3.05, 3.63) is 93.4 Å². The topological polar surface area (TPSA) is 99.1 Å². The first-order valence-corrected chi connectivity index (χ1v) is 17.8. The zero-order chi connectivity index (χ0) is 34.4. The number of aromatic carboxylic acids is 1. The number of fused-ring (bicyclic) bond motifs is 3. The third-order valence-corrected chi connectivity index (χ3v) is 10.7. The van der Waals surface area contributed by atoms with Crippen LogP contribution in [0.15, 0.2) is 53.4 Å². The van der Waals surface area contributed by atoms with Gasteiger partial charge in [-0.15, -0.1) is 11.8 Å². The molecule has 254 valence electrons. The molecule has 4 heterocycles. The molecule has 0 radical (unpaired) electrons. The highest BCUT2D eigenvalue weighted by molar-refractivity contribution is 7.98. The van der Waals surface area contributed by atoms with E-state index >= 15 is 0 Å². The molecular weight excluding hydrogens is 663 g/mol. The fourth-order valence-electron chi connectivity index (χ4n) is 7.20. The fourth-order valence-corrected chi connectivity index (χ4v) is 8.43. The lowest BCUT2D eigenvalue weighted by Gasteiger charge is -2.13. The highest BCUT2D eigenvalue weighted by Crippen LogP contribution is 2.43. The smallest absolute Gasteiger partial charge is 0.352 e. The summed E-state index contributed by atoms with van der Waals surface area (Å²) in [5.41, 5.74) is 7.73. The average Bonchev–Trinajstić information content (AvgIpc) is 3.80. The minimum atomic E-state index is -0.988. The lowest BCUT2D eigenvalue weighted by Crippen LogP contribution is -2.09. The third-order valence-electron chi connectivity index (χ3n) is 9.33. The molecular formula is C37H38ClFN6O3S. The number of carbonyl (C=O) groups is 1. The molecule has 49 heavy (non-hydrogen) atoms. The van der Waals surface area contributed by atoms with Gasteiger partial charge in [0, 0.05) is 71.1 Å². The summed E-state index contributed by atoms with van der Waals surface area (Å²) in [5, 5.41) is 25.9. The first-order valence-electron chi connectivity index (χ1n) is 16.4. The summed E-state index contributed by atoms with van der Waals surface area (Å²) in [6.45, 7) is 3.90. The van der Waals surface area contributed by atoms with Crippen LogP contribution in [0.5, 0.6) is 5.75 Å². The number of halogens is 2. The molecule has 0 saturated carbocycles. The number of nitrogens with one attached hydrogen (secondary N) is 1. The average molecular weight is 701 g/mol. The third kappa shape index (κ3) is 6.19. The Morgan fingerprint density at radius 2 is 1.92 bits per heavy atom. The molecule has 12 heteroatoms. The van der Waals surface area contributed by atoms with Gasteiger partial charge in [0.25, 0.3) is 0 Å². The Morgan fingerprint density at radius 1 is 1.10 bits per heavy atom. The number of nitrogens with zero attached hydrogens (tertiary/aromatic N) is 5. The van der Waals surface area contributed by atoms with Crippen LogP contribution >= 0.6 is 23.4 Å². The van der Waals surface area contributed by atoms with Crippen molar-refractivity contribution >= 4 is 51.0 Å². The van der Waals surface area contributed by atoms with E-state index < -0.39 is 5.97 Å². The van der Waals surface area contributed by atoms with E-state index in [9.17, 15) is 14.3 Å². The zero-order valence-corrected chi connectivity index (χ0v) is 29.5. The molecule has 1 aliphatic heterocycles. The van der Waals surface area contributed by atoms with Crippen LogP contribution in [0.2, 0.25) is 5.02 Å². The van der Waals surface area contributed by atoms with Crippen molar-refractivity contribution < 1.29 is 19.0 Å². The molecule has 0 aliphatic carbocycles. The molecule has 9 nitrogen and oxygen atoms in total. The standard InChI is InChI=1S/C37H38ClFN6O3S/c1-21-33(31-8-5-13-45(31)41-21)34-30(38)12-11-29-28(36(37(46)47)43(3)35(29)34)7-6-14-48-32-18-26(16-22-15-23(39)9-10-27(22)32)49-20-25-17-24(19-40-2)42-44(25)4/h9-12,15-18,40H,5-8,13-14,19-20H2,1-4H3,(H,46,47). The van der Waals surface area contributed by atoms with Gasteiger partial charge in [0.05, 0.1) is 28.5 Å². The Morgan fingerprint density at radius 3 is 2.71 bits per heavy atom. The van der Waals surface area contributed by atoms with Crippen LogP contribution in [0.1, 0.15) is 51.7 Å². The molecule has 7 rings (SSSR count). The van der Waals surface area contributed by atoms with Gasteiger partial charge in [0.15, 0.2) is 0 Å². The molecule has 0 saturated heterocycles. The molecule has 0 bridgehead atoms. The molecule has 1 aliphatic rings. The van der Waals surface area contributed by atoms with E-state index in [2.05, 4.69) is 16.5 Å². The second kappa shape index (κ2) is 13.5. The maximum Gasteiger partial charge on any atom is 0.352 e. The maximum atomic E-state index is 14.3. The zero-order valence-electron chi connectivity index (χ0n) is 27.9. The van der Waals surface area contributed by atoms with Crippen LogP contribution in [-0.4, -0.2) is 48.9 Å². The van der Waals surface area contributed by atoms with Crippen LogP contribution < -0.4 is 10.1 Å². The summed E-state index contributed by atoms with van der Waals surface area (Å²) in [5.74, 6) is 0.0620. The van der Waals surface area contributed by atoms with Crippen LogP contribution in [-0.2, 0) is 45.8 Å². The summed E-state index contributed by atoms with van der Waals surface area (Å²) >= 11 is 8.52. The van der Waals surface area contributed by atoms with Crippen molar-refractivity contribution in [2.75, 3.05) is 13.7 Å². The lowest BCUT2D eigenvalue weighted by atomic mass is 9.97. The van der Waals surface area contributed by atoms with Crippen molar-refractivity contribution in [3.8, 4) is 16.9 Å². The highest BCUT2D eigenvalue weighted by Gasteiger charge is 2.28. The van der Waals surface area contributed by atoms with Crippen molar-refractivity contribution in [2.45, 2.75) is 56.3 Å². The number of carboxylic acids is 1. The molecule has 0 unspecified atom stereocenters. The summed E-state index contributed by atoms with van der Waals surface area (Å²) < 4.78 is 26.4. The van der Waals surface area contributed by atoms with Gasteiger partial charge in [-0.3, -0.25) is 9.36 Å². The molecule has 6 aromatic rings.